The number of amides is 1. The molecule has 0 unspecified atom stereocenters. The predicted molar refractivity (Wildman–Crippen MR) is 85.7 cm³/mol. The van der Waals surface area contributed by atoms with E-state index in [-0.39, 0.29) is 5.75 Å². The number of methoxy groups -OCH3 is 2. The topological polar surface area (TPSA) is 59.0 Å². The summed E-state index contributed by atoms with van der Waals surface area (Å²) in [6.07, 6.45) is 0.774. The number of aromatic hydroxyl groups is 1. The van der Waals surface area contributed by atoms with E-state index in [4.69, 9.17) is 9.47 Å². The fraction of sp³-hybridized carbons (Fsp3) is 0.235. The molecule has 0 fully saturated rings. The first-order valence-electron chi connectivity index (χ1n) is 6.92. The van der Waals surface area contributed by atoms with Crippen LogP contribution in [0.25, 0.3) is 11.1 Å². The van der Waals surface area contributed by atoms with Crippen LogP contribution in [0.2, 0.25) is 0 Å². The second-order valence-corrected chi connectivity index (χ2v) is 4.63. The Hall–Kier alpha value is -2.69. The number of anilines is 1. The Kier molecular flexibility index (Phi) is 4.88. The smallest absolute Gasteiger partial charge is 0.214 e. The molecule has 2 aromatic carbocycles. The molecule has 0 aliphatic carbocycles. The van der Waals surface area contributed by atoms with Gasteiger partial charge in [-0.1, -0.05) is 18.2 Å². The Morgan fingerprint density at radius 1 is 1.09 bits per heavy atom. The zero-order valence-electron chi connectivity index (χ0n) is 12.9. The summed E-state index contributed by atoms with van der Waals surface area (Å²) in [5.41, 5.74) is 2.05. The highest BCUT2D eigenvalue weighted by molar-refractivity contribution is 5.89. The maximum atomic E-state index is 11.2. The average Bonchev–Trinajstić information content (AvgIpc) is 2.56. The van der Waals surface area contributed by atoms with Crippen molar-refractivity contribution >= 4 is 12.1 Å². The third kappa shape index (κ3) is 2.83. The monoisotopic (exact) mass is 301 g/mol. The second-order valence-electron chi connectivity index (χ2n) is 4.63. The SMILES string of the molecule is CCN(C=O)c1ccccc1-c1cc(OC)c(OC)cc1O. The molecule has 0 spiro atoms. The van der Waals surface area contributed by atoms with E-state index in [2.05, 4.69) is 0 Å². The quantitative estimate of drug-likeness (QED) is 0.833. The van der Waals surface area contributed by atoms with Crippen LogP contribution in [-0.4, -0.2) is 32.3 Å². The minimum absolute atomic E-state index is 0.0621. The summed E-state index contributed by atoms with van der Waals surface area (Å²) >= 11 is 0. The fourth-order valence-corrected chi connectivity index (χ4v) is 2.34. The lowest BCUT2D eigenvalue weighted by Crippen LogP contribution is -2.20. The minimum atomic E-state index is 0.0621. The van der Waals surface area contributed by atoms with Crippen molar-refractivity contribution in [3.63, 3.8) is 0 Å². The van der Waals surface area contributed by atoms with Gasteiger partial charge in [-0.25, -0.2) is 0 Å². The van der Waals surface area contributed by atoms with Gasteiger partial charge in [0.15, 0.2) is 11.5 Å². The molecule has 5 nitrogen and oxygen atoms in total. The Morgan fingerprint density at radius 3 is 2.32 bits per heavy atom. The van der Waals surface area contributed by atoms with Crippen LogP contribution in [0.3, 0.4) is 0 Å². The molecule has 2 aromatic rings. The summed E-state index contributed by atoms with van der Waals surface area (Å²) in [5.74, 6) is 1.02. The third-order valence-corrected chi connectivity index (χ3v) is 3.47. The maximum Gasteiger partial charge on any atom is 0.214 e. The molecule has 2 rings (SSSR count). The van der Waals surface area contributed by atoms with E-state index in [9.17, 15) is 9.90 Å². The van der Waals surface area contributed by atoms with Crippen LogP contribution in [0.15, 0.2) is 36.4 Å². The van der Waals surface area contributed by atoms with Crippen molar-refractivity contribution in [1.29, 1.82) is 0 Å². The number of carbonyl (C=O) groups is 1. The van der Waals surface area contributed by atoms with Gasteiger partial charge in [-0.2, -0.15) is 0 Å². The molecular weight excluding hydrogens is 282 g/mol. The maximum absolute atomic E-state index is 11.2. The van der Waals surface area contributed by atoms with E-state index < -0.39 is 0 Å². The molecule has 0 heterocycles. The Morgan fingerprint density at radius 2 is 1.73 bits per heavy atom. The van der Waals surface area contributed by atoms with Crippen LogP contribution in [0.1, 0.15) is 6.92 Å². The lowest BCUT2D eigenvalue weighted by molar-refractivity contribution is -0.107. The van der Waals surface area contributed by atoms with Crippen LogP contribution in [-0.2, 0) is 4.79 Å². The van der Waals surface area contributed by atoms with Crippen LogP contribution in [0, 0.1) is 0 Å². The summed E-state index contributed by atoms with van der Waals surface area (Å²) in [5, 5.41) is 10.3. The lowest BCUT2D eigenvalue weighted by atomic mass is 10.0. The standard InChI is InChI=1S/C17H19NO4/c1-4-18(11-19)14-8-6-5-7-12(14)13-9-16(21-2)17(22-3)10-15(13)20/h5-11,20H,4H2,1-3H3. The number of nitrogens with zero attached hydrogens (tertiary/aromatic N) is 1. The van der Waals surface area contributed by atoms with Gasteiger partial charge in [0, 0.05) is 23.7 Å². The number of para-hydroxylation sites is 1. The third-order valence-electron chi connectivity index (χ3n) is 3.47. The zero-order valence-corrected chi connectivity index (χ0v) is 12.9. The minimum Gasteiger partial charge on any atom is -0.507 e. The van der Waals surface area contributed by atoms with Gasteiger partial charge in [-0.05, 0) is 19.1 Å². The van der Waals surface area contributed by atoms with Gasteiger partial charge in [0.25, 0.3) is 0 Å². The number of carbonyl (C=O) groups excluding carboxylic acids is 1. The van der Waals surface area contributed by atoms with Gasteiger partial charge >= 0.3 is 0 Å². The first-order chi connectivity index (χ1) is 10.7. The Labute approximate surface area is 129 Å². The van der Waals surface area contributed by atoms with Gasteiger partial charge in [0.05, 0.1) is 19.9 Å². The number of hydrogen-bond acceptors (Lipinski definition) is 4. The highest BCUT2D eigenvalue weighted by Crippen LogP contribution is 2.42. The van der Waals surface area contributed by atoms with Crippen LogP contribution >= 0.6 is 0 Å². The van der Waals surface area contributed by atoms with E-state index >= 15 is 0 Å². The van der Waals surface area contributed by atoms with Crippen molar-refractivity contribution < 1.29 is 19.4 Å². The average molecular weight is 301 g/mol. The van der Waals surface area contributed by atoms with Crippen molar-refractivity contribution in [3.8, 4) is 28.4 Å². The van der Waals surface area contributed by atoms with Crippen LogP contribution in [0.5, 0.6) is 17.2 Å². The van der Waals surface area contributed by atoms with Gasteiger partial charge in [0.2, 0.25) is 6.41 Å². The zero-order chi connectivity index (χ0) is 16.1. The van der Waals surface area contributed by atoms with Gasteiger partial charge < -0.3 is 19.5 Å². The van der Waals surface area contributed by atoms with Crippen molar-refractivity contribution in [2.75, 3.05) is 25.7 Å². The van der Waals surface area contributed by atoms with Crippen molar-refractivity contribution in [3.05, 3.63) is 36.4 Å². The molecule has 22 heavy (non-hydrogen) atoms. The van der Waals surface area contributed by atoms with Crippen LogP contribution in [0.4, 0.5) is 5.69 Å². The molecular formula is C17H19NO4. The normalized spacial score (nSPS) is 10.1. The van der Waals surface area contributed by atoms with E-state index in [1.807, 2.05) is 31.2 Å². The Bertz CT molecular complexity index is 670. The molecule has 0 radical (unpaired) electrons. The number of ether oxygens (including phenoxy) is 2. The van der Waals surface area contributed by atoms with Crippen molar-refractivity contribution in [2.24, 2.45) is 0 Å². The number of rotatable bonds is 6. The number of phenolic OH excluding ortho intramolecular Hbond substituents is 1. The summed E-state index contributed by atoms with van der Waals surface area (Å²) in [4.78, 5) is 12.8. The molecule has 5 heteroatoms. The highest BCUT2D eigenvalue weighted by atomic mass is 16.5. The number of hydrogen-bond donors (Lipinski definition) is 1. The first-order valence-corrected chi connectivity index (χ1v) is 6.92. The van der Waals surface area contributed by atoms with E-state index in [0.717, 1.165) is 17.7 Å². The molecule has 0 aromatic heterocycles. The lowest BCUT2D eigenvalue weighted by Gasteiger charge is -2.20. The highest BCUT2D eigenvalue weighted by Gasteiger charge is 2.16. The second kappa shape index (κ2) is 6.85. The van der Waals surface area contributed by atoms with Crippen LogP contribution < -0.4 is 14.4 Å². The van der Waals surface area contributed by atoms with Gasteiger partial charge in [-0.15, -0.1) is 0 Å². The first kappa shape index (κ1) is 15.7. The molecule has 1 N–H and O–H groups in total. The molecule has 1 amide bonds. The van der Waals surface area contributed by atoms with E-state index in [1.165, 1.54) is 20.3 Å². The predicted octanol–water partition coefficient (Wildman–Crippen LogP) is 3.06. The number of phenols is 1. The summed E-state index contributed by atoms with van der Waals surface area (Å²) in [6.45, 7) is 2.42. The van der Waals surface area contributed by atoms with E-state index in [0.29, 0.717) is 23.6 Å². The molecule has 0 aliphatic heterocycles. The van der Waals surface area contributed by atoms with Gasteiger partial charge in [-0.3, -0.25) is 4.79 Å². The molecule has 0 saturated heterocycles. The van der Waals surface area contributed by atoms with Crippen molar-refractivity contribution in [2.45, 2.75) is 6.92 Å². The summed E-state index contributed by atoms with van der Waals surface area (Å²) in [6, 6.07) is 10.6. The molecule has 0 saturated carbocycles. The van der Waals surface area contributed by atoms with Gasteiger partial charge in [0.1, 0.15) is 5.75 Å². The fourth-order valence-electron chi connectivity index (χ4n) is 2.34. The largest absolute Gasteiger partial charge is 0.507 e. The summed E-state index contributed by atoms with van der Waals surface area (Å²) in [7, 11) is 3.05. The van der Waals surface area contributed by atoms with E-state index in [1.54, 1.807) is 11.0 Å². The molecule has 0 atom stereocenters. The van der Waals surface area contributed by atoms with Crippen molar-refractivity contribution in [1.82, 2.24) is 0 Å². The molecule has 0 bridgehead atoms. The molecule has 0 aliphatic rings. The summed E-state index contributed by atoms with van der Waals surface area (Å²) < 4.78 is 10.5. The molecule has 116 valence electrons. The number of benzene rings is 2. The Balaban J connectivity index is 2.64.